The molecule has 0 fully saturated rings. The Bertz CT molecular complexity index is 690. The van der Waals surface area contributed by atoms with E-state index in [4.69, 9.17) is 17.0 Å². The first-order valence-corrected chi connectivity index (χ1v) is 8.73. The molecule has 0 aliphatic carbocycles. The highest BCUT2D eigenvalue weighted by Crippen LogP contribution is 2.28. The third-order valence-electron chi connectivity index (χ3n) is 3.62. The Hall–Kier alpha value is -1.59. The second-order valence-electron chi connectivity index (χ2n) is 5.27. The van der Waals surface area contributed by atoms with Crippen molar-refractivity contribution < 1.29 is 4.74 Å². The highest BCUT2D eigenvalue weighted by atomic mass is 79.9. The molecule has 23 heavy (non-hydrogen) atoms. The predicted octanol–water partition coefficient (Wildman–Crippen LogP) is 5.07. The summed E-state index contributed by atoms with van der Waals surface area (Å²) in [6.45, 7) is 4.21. The van der Waals surface area contributed by atoms with E-state index in [1.54, 1.807) is 7.11 Å². The SMILES string of the molecule is CCc1cccc(NC(=S)N[C@H](C)c2ccc(OC)c(Br)c2)c1. The van der Waals surface area contributed by atoms with Gasteiger partial charge >= 0.3 is 0 Å². The van der Waals surface area contributed by atoms with E-state index in [0.29, 0.717) is 5.11 Å². The Morgan fingerprint density at radius 3 is 2.70 bits per heavy atom. The van der Waals surface area contributed by atoms with Crippen LogP contribution in [-0.2, 0) is 6.42 Å². The fourth-order valence-corrected chi connectivity index (χ4v) is 3.12. The van der Waals surface area contributed by atoms with Crippen LogP contribution in [0.3, 0.4) is 0 Å². The number of nitrogens with one attached hydrogen (secondary N) is 2. The van der Waals surface area contributed by atoms with Gasteiger partial charge in [0.05, 0.1) is 17.6 Å². The molecule has 2 rings (SSSR count). The number of thiocarbonyl (C=S) groups is 1. The first-order valence-electron chi connectivity index (χ1n) is 7.53. The fourth-order valence-electron chi connectivity index (χ4n) is 2.27. The van der Waals surface area contributed by atoms with Crippen molar-refractivity contribution in [2.75, 3.05) is 12.4 Å². The minimum atomic E-state index is 0.0894. The Morgan fingerprint density at radius 1 is 1.26 bits per heavy atom. The zero-order valence-corrected chi connectivity index (χ0v) is 15.9. The molecule has 0 unspecified atom stereocenters. The van der Waals surface area contributed by atoms with Crippen LogP contribution in [0.15, 0.2) is 46.9 Å². The lowest BCUT2D eigenvalue weighted by Crippen LogP contribution is -2.30. The molecule has 0 aliphatic heterocycles. The summed E-state index contributed by atoms with van der Waals surface area (Å²) < 4.78 is 6.19. The molecule has 2 N–H and O–H groups in total. The standard InChI is InChI=1S/C18H21BrN2OS/c1-4-13-6-5-7-15(10-13)21-18(23)20-12(2)14-8-9-17(22-3)16(19)11-14/h5-12H,4H2,1-3H3,(H2,20,21,23)/t12-/m1/s1. The quantitative estimate of drug-likeness (QED) is 0.695. The van der Waals surface area contributed by atoms with Crippen LogP contribution in [0.2, 0.25) is 0 Å². The van der Waals surface area contributed by atoms with Gasteiger partial charge in [-0.15, -0.1) is 0 Å². The maximum absolute atomic E-state index is 5.41. The summed E-state index contributed by atoms with van der Waals surface area (Å²) in [6, 6.07) is 14.4. The summed E-state index contributed by atoms with van der Waals surface area (Å²) in [5.41, 5.74) is 3.42. The average Bonchev–Trinajstić information content (AvgIpc) is 2.54. The third-order valence-corrected chi connectivity index (χ3v) is 4.46. The van der Waals surface area contributed by atoms with Crippen molar-refractivity contribution in [1.82, 2.24) is 5.32 Å². The lowest BCUT2D eigenvalue weighted by atomic mass is 10.1. The summed E-state index contributed by atoms with van der Waals surface area (Å²) in [5, 5.41) is 7.15. The lowest BCUT2D eigenvalue weighted by molar-refractivity contribution is 0.412. The molecule has 0 heterocycles. The van der Waals surface area contributed by atoms with Gasteiger partial charge in [0.25, 0.3) is 0 Å². The minimum absolute atomic E-state index is 0.0894. The number of benzene rings is 2. The van der Waals surface area contributed by atoms with Gasteiger partial charge in [-0.2, -0.15) is 0 Å². The number of halogens is 1. The summed E-state index contributed by atoms with van der Waals surface area (Å²) >= 11 is 8.92. The normalized spacial score (nSPS) is 11.7. The molecule has 0 saturated heterocycles. The van der Waals surface area contributed by atoms with Crippen LogP contribution in [0.5, 0.6) is 5.75 Å². The van der Waals surface area contributed by atoms with E-state index in [9.17, 15) is 0 Å². The molecule has 0 spiro atoms. The van der Waals surface area contributed by atoms with Gasteiger partial charge in [0, 0.05) is 5.69 Å². The number of methoxy groups -OCH3 is 1. The first kappa shape index (κ1) is 17.8. The zero-order chi connectivity index (χ0) is 16.8. The summed E-state index contributed by atoms with van der Waals surface area (Å²) in [7, 11) is 1.66. The van der Waals surface area contributed by atoms with E-state index in [1.165, 1.54) is 5.56 Å². The largest absolute Gasteiger partial charge is 0.496 e. The molecule has 5 heteroatoms. The number of ether oxygens (including phenoxy) is 1. The van der Waals surface area contributed by atoms with Gasteiger partial charge in [-0.05, 0) is 76.9 Å². The zero-order valence-electron chi connectivity index (χ0n) is 13.5. The van der Waals surface area contributed by atoms with Crippen LogP contribution < -0.4 is 15.4 Å². The van der Waals surface area contributed by atoms with Gasteiger partial charge in [-0.25, -0.2) is 0 Å². The molecule has 0 amide bonds. The number of aryl methyl sites for hydroxylation is 1. The summed E-state index contributed by atoms with van der Waals surface area (Å²) in [4.78, 5) is 0. The maximum atomic E-state index is 5.41. The number of hydrogen-bond acceptors (Lipinski definition) is 2. The third kappa shape index (κ3) is 4.94. The Balaban J connectivity index is 2.00. The van der Waals surface area contributed by atoms with Crippen LogP contribution in [0.1, 0.15) is 31.0 Å². The Morgan fingerprint density at radius 2 is 2.04 bits per heavy atom. The highest BCUT2D eigenvalue weighted by Gasteiger charge is 2.10. The van der Waals surface area contributed by atoms with Gasteiger partial charge in [0.15, 0.2) is 5.11 Å². The van der Waals surface area contributed by atoms with Crippen molar-refractivity contribution in [3.05, 3.63) is 58.1 Å². The molecule has 0 bridgehead atoms. The van der Waals surface area contributed by atoms with Gasteiger partial charge in [-0.3, -0.25) is 0 Å². The topological polar surface area (TPSA) is 33.3 Å². The van der Waals surface area contributed by atoms with Crippen LogP contribution >= 0.6 is 28.1 Å². The van der Waals surface area contributed by atoms with Crippen LogP contribution in [-0.4, -0.2) is 12.2 Å². The molecule has 1 atom stereocenters. The molecule has 0 aliphatic rings. The van der Waals surface area contributed by atoms with E-state index in [2.05, 4.69) is 52.5 Å². The van der Waals surface area contributed by atoms with E-state index >= 15 is 0 Å². The van der Waals surface area contributed by atoms with Crippen molar-refractivity contribution in [3.8, 4) is 5.75 Å². The number of rotatable bonds is 5. The molecular weight excluding hydrogens is 372 g/mol. The van der Waals surface area contributed by atoms with Gasteiger partial charge < -0.3 is 15.4 Å². The Kier molecular flexibility index (Phi) is 6.42. The second kappa shape index (κ2) is 8.31. The molecular formula is C18H21BrN2OS. The minimum Gasteiger partial charge on any atom is -0.496 e. The smallest absolute Gasteiger partial charge is 0.171 e. The van der Waals surface area contributed by atoms with E-state index in [-0.39, 0.29) is 6.04 Å². The molecule has 0 saturated carbocycles. The summed E-state index contributed by atoms with van der Waals surface area (Å²) in [6.07, 6.45) is 1.01. The highest BCUT2D eigenvalue weighted by molar-refractivity contribution is 9.10. The first-order chi connectivity index (χ1) is 11.0. The van der Waals surface area contributed by atoms with Gasteiger partial charge in [0.1, 0.15) is 5.75 Å². The van der Waals surface area contributed by atoms with Crippen molar-refractivity contribution in [2.45, 2.75) is 26.3 Å². The maximum Gasteiger partial charge on any atom is 0.171 e. The molecule has 0 radical (unpaired) electrons. The van der Waals surface area contributed by atoms with Crippen LogP contribution in [0.25, 0.3) is 0 Å². The van der Waals surface area contributed by atoms with Crippen molar-refractivity contribution >= 4 is 38.9 Å². The van der Waals surface area contributed by atoms with Gasteiger partial charge in [0.2, 0.25) is 0 Å². The van der Waals surface area contributed by atoms with E-state index < -0.39 is 0 Å². The molecule has 2 aromatic carbocycles. The Labute approximate surface area is 151 Å². The van der Waals surface area contributed by atoms with Crippen molar-refractivity contribution in [2.24, 2.45) is 0 Å². The molecule has 0 aromatic heterocycles. The summed E-state index contributed by atoms with van der Waals surface area (Å²) in [5.74, 6) is 0.818. The average molecular weight is 393 g/mol. The van der Waals surface area contributed by atoms with E-state index in [0.717, 1.165) is 27.9 Å². The van der Waals surface area contributed by atoms with Crippen molar-refractivity contribution in [3.63, 3.8) is 0 Å². The number of anilines is 1. The van der Waals surface area contributed by atoms with E-state index in [1.807, 2.05) is 30.3 Å². The van der Waals surface area contributed by atoms with Crippen LogP contribution in [0, 0.1) is 0 Å². The molecule has 122 valence electrons. The predicted molar refractivity (Wildman–Crippen MR) is 104 cm³/mol. The van der Waals surface area contributed by atoms with Crippen LogP contribution in [0.4, 0.5) is 5.69 Å². The fraction of sp³-hybridized carbons (Fsp3) is 0.278. The second-order valence-corrected chi connectivity index (χ2v) is 6.53. The van der Waals surface area contributed by atoms with Crippen molar-refractivity contribution in [1.29, 1.82) is 0 Å². The number of hydrogen-bond donors (Lipinski definition) is 2. The van der Waals surface area contributed by atoms with Gasteiger partial charge in [-0.1, -0.05) is 25.1 Å². The monoisotopic (exact) mass is 392 g/mol. The molecule has 2 aromatic rings. The lowest BCUT2D eigenvalue weighted by Gasteiger charge is -2.18. The molecule has 3 nitrogen and oxygen atoms in total.